The van der Waals surface area contributed by atoms with Crippen LogP contribution in [0, 0.1) is 6.92 Å². The number of aromatic nitrogens is 4. The van der Waals surface area contributed by atoms with Crippen molar-refractivity contribution in [3.63, 3.8) is 0 Å². The van der Waals surface area contributed by atoms with Gasteiger partial charge in [0.1, 0.15) is 28.0 Å². The van der Waals surface area contributed by atoms with Crippen molar-refractivity contribution in [1.29, 1.82) is 0 Å². The first-order valence-corrected chi connectivity index (χ1v) is 6.63. The van der Waals surface area contributed by atoms with Gasteiger partial charge in [0.25, 0.3) is 0 Å². The van der Waals surface area contributed by atoms with Crippen molar-refractivity contribution in [2.24, 2.45) is 0 Å². The standard InChI is InChI=1S/C12H15N5S/c1-3-5-14-10-7-12(17-9(2)16-10)18-11-4-6-13-8-15-11/h4,6-8H,3,5H2,1-2H3,(H,14,16,17). The van der Waals surface area contributed by atoms with Gasteiger partial charge in [0.05, 0.1) is 0 Å². The van der Waals surface area contributed by atoms with Crippen molar-refractivity contribution in [1.82, 2.24) is 19.9 Å². The molecule has 0 aliphatic rings. The third-order valence-corrected chi connectivity index (χ3v) is 3.00. The van der Waals surface area contributed by atoms with E-state index in [1.807, 2.05) is 19.1 Å². The smallest absolute Gasteiger partial charge is 0.130 e. The second-order valence-corrected chi connectivity index (χ2v) is 4.76. The molecule has 0 spiro atoms. The lowest BCUT2D eigenvalue weighted by Crippen LogP contribution is -2.04. The van der Waals surface area contributed by atoms with Gasteiger partial charge < -0.3 is 5.32 Å². The molecule has 0 atom stereocenters. The highest BCUT2D eigenvalue weighted by molar-refractivity contribution is 7.99. The summed E-state index contributed by atoms with van der Waals surface area (Å²) in [6.45, 7) is 4.92. The van der Waals surface area contributed by atoms with E-state index < -0.39 is 0 Å². The minimum absolute atomic E-state index is 0.757. The molecule has 0 saturated heterocycles. The molecule has 0 fully saturated rings. The molecule has 2 heterocycles. The van der Waals surface area contributed by atoms with Gasteiger partial charge in [0, 0.05) is 18.8 Å². The van der Waals surface area contributed by atoms with Crippen LogP contribution in [0.5, 0.6) is 0 Å². The molecule has 94 valence electrons. The minimum Gasteiger partial charge on any atom is -0.370 e. The summed E-state index contributed by atoms with van der Waals surface area (Å²) in [5, 5.41) is 5.03. The van der Waals surface area contributed by atoms with Gasteiger partial charge in [-0.2, -0.15) is 0 Å². The minimum atomic E-state index is 0.757. The molecular weight excluding hydrogens is 246 g/mol. The quantitative estimate of drug-likeness (QED) is 0.834. The Kier molecular flexibility index (Phi) is 4.46. The Hall–Kier alpha value is -1.69. The maximum atomic E-state index is 4.39. The highest BCUT2D eigenvalue weighted by atomic mass is 32.2. The maximum Gasteiger partial charge on any atom is 0.130 e. The van der Waals surface area contributed by atoms with E-state index in [1.54, 1.807) is 6.20 Å². The van der Waals surface area contributed by atoms with E-state index in [4.69, 9.17) is 0 Å². The van der Waals surface area contributed by atoms with Crippen LogP contribution in [0.15, 0.2) is 34.7 Å². The van der Waals surface area contributed by atoms with Gasteiger partial charge in [0.15, 0.2) is 0 Å². The van der Waals surface area contributed by atoms with Crippen LogP contribution in [0.25, 0.3) is 0 Å². The van der Waals surface area contributed by atoms with Gasteiger partial charge in [-0.1, -0.05) is 6.92 Å². The lowest BCUT2D eigenvalue weighted by molar-refractivity contribution is 0.926. The fraction of sp³-hybridized carbons (Fsp3) is 0.333. The van der Waals surface area contributed by atoms with E-state index in [0.717, 1.165) is 34.7 Å². The lowest BCUT2D eigenvalue weighted by Gasteiger charge is -2.06. The van der Waals surface area contributed by atoms with E-state index in [2.05, 4.69) is 32.2 Å². The summed E-state index contributed by atoms with van der Waals surface area (Å²) in [5.41, 5.74) is 0. The summed E-state index contributed by atoms with van der Waals surface area (Å²) in [6, 6.07) is 3.80. The molecule has 0 unspecified atom stereocenters. The number of nitrogens with one attached hydrogen (secondary N) is 1. The largest absolute Gasteiger partial charge is 0.370 e. The zero-order chi connectivity index (χ0) is 12.8. The van der Waals surface area contributed by atoms with Crippen LogP contribution in [0.3, 0.4) is 0 Å². The molecule has 0 amide bonds. The summed E-state index contributed by atoms with van der Waals surface area (Å²) in [7, 11) is 0. The Morgan fingerprint density at radius 1 is 1.28 bits per heavy atom. The van der Waals surface area contributed by atoms with Crippen LogP contribution in [0.2, 0.25) is 0 Å². The van der Waals surface area contributed by atoms with Gasteiger partial charge in [-0.15, -0.1) is 0 Å². The fourth-order valence-electron chi connectivity index (χ4n) is 1.38. The zero-order valence-electron chi connectivity index (χ0n) is 10.4. The number of anilines is 1. The lowest BCUT2D eigenvalue weighted by atomic mass is 10.4. The summed E-state index contributed by atoms with van der Waals surface area (Å²) < 4.78 is 0. The third-order valence-electron chi connectivity index (χ3n) is 2.13. The van der Waals surface area contributed by atoms with Crippen LogP contribution in [-0.4, -0.2) is 26.5 Å². The van der Waals surface area contributed by atoms with Gasteiger partial charge in [-0.25, -0.2) is 19.9 Å². The van der Waals surface area contributed by atoms with Crippen LogP contribution in [-0.2, 0) is 0 Å². The summed E-state index contributed by atoms with van der Waals surface area (Å²) >= 11 is 1.51. The number of aryl methyl sites for hydroxylation is 1. The molecule has 0 bridgehead atoms. The van der Waals surface area contributed by atoms with E-state index in [0.29, 0.717) is 0 Å². The molecule has 2 aromatic rings. The highest BCUT2D eigenvalue weighted by Gasteiger charge is 2.04. The van der Waals surface area contributed by atoms with Crippen LogP contribution in [0.1, 0.15) is 19.2 Å². The summed E-state index contributed by atoms with van der Waals surface area (Å²) in [5.74, 6) is 1.62. The van der Waals surface area contributed by atoms with Crippen LogP contribution in [0.4, 0.5) is 5.82 Å². The molecule has 6 heteroatoms. The van der Waals surface area contributed by atoms with Crippen molar-refractivity contribution < 1.29 is 0 Å². The molecule has 1 N–H and O–H groups in total. The Morgan fingerprint density at radius 2 is 2.17 bits per heavy atom. The number of rotatable bonds is 5. The molecular formula is C12H15N5S. The first kappa shape index (κ1) is 12.8. The van der Waals surface area contributed by atoms with Crippen molar-refractivity contribution >= 4 is 17.6 Å². The van der Waals surface area contributed by atoms with Gasteiger partial charge in [-0.05, 0) is 31.2 Å². The monoisotopic (exact) mass is 261 g/mol. The third kappa shape index (κ3) is 3.66. The molecule has 0 aromatic carbocycles. The van der Waals surface area contributed by atoms with Crippen LogP contribution >= 0.6 is 11.8 Å². The molecule has 0 radical (unpaired) electrons. The number of nitrogens with zero attached hydrogens (tertiary/aromatic N) is 4. The fourth-order valence-corrected chi connectivity index (χ4v) is 2.17. The molecule has 0 aliphatic carbocycles. The first-order valence-electron chi connectivity index (χ1n) is 5.81. The van der Waals surface area contributed by atoms with Crippen LogP contribution < -0.4 is 5.32 Å². The van der Waals surface area contributed by atoms with Crippen molar-refractivity contribution in [3.8, 4) is 0 Å². The average Bonchev–Trinajstić information content (AvgIpc) is 2.37. The number of hydrogen-bond acceptors (Lipinski definition) is 6. The molecule has 5 nitrogen and oxygen atoms in total. The van der Waals surface area contributed by atoms with E-state index in [9.17, 15) is 0 Å². The Bertz CT molecular complexity index is 503. The van der Waals surface area contributed by atoms with Gasteiger partial charge in [-0.3, -0.25) is 0 Å². The van der Waals surface area contributed by atoms with Crippen molar-refractivity contribution in [3.05, 3.63) is 30.5 Å². The zero-order valence-corrected chi connectivity index (χ0v) is 11.2. The molecule has 18 heavy (non-hydrogen) atoms. The van der Waals surface area contributed by atoms with Gasteiger partial charge >= 0.3 is 0 Å². The predicted octanol–water partition coefficient (Wildman–Crippen LogP) is 2.55. The Morgan fingerprint density at radius 3 is 2.89 bits per heavy atom. The molecule has 2 aromatic heterocycles. The summed E-state index contributed by atoms with van der Waals surface area (Å²) in [4.78, 5) is 16.8. The van der Waals surface area contributed by atoms with Crippen molar-refractivity contribution in [2.75, 3.05) is 11.9 Å². The first-order chi connectivity index (χ1) is 8.78. The predicted molar refractivity (Wildman–Crippen MR) is 71.7 cm³/mol. The molecule has 0 aliphatic heterocycles. The normalized spacial score (nSPS) is 10.3. The molecule has 0 saturated carbocycles. The van der Waals surface area contributed by atoms with E-state index in [1.165, 1.54) is 18.1 Å². The highest BCUT2D eigenvalue weighted by Crippen LogP contribution is 2.25. The second kappa shape index (κ2) is 6.30. The van der Waals surface area contributed by atoms with Crippen molar-refractivity contribution in [2.45, 2.75) is 30.3 Å². The molecule has 2 rings (SSSR count). The summed E-state index contributed by atoms with van der Waals surface area (Å²) in [6.07, 6.45) is 4.32. The Labute approximate surface area is 110 Å². The van der Waals surface area contributed by atoms with E-state index in [-0.39, 0.29) is 0 Å². The van der Waals surface area contributed by atoms with Gasteiger partial charge in [0.2, 0.25) is 0 Å². The maximum absolute atomic E-state index is 4.39. The second-order valence-electron chi connectivity index (χ2n) is 3.72. The number of hydrogen-bond donors (Lipinski definition) is 1. The van der Waals surface area contributed by atoms with E-state index >= 15 is 0 Å². The Balaban J connectivity index is 2.15. The topological polar surface area (TPSA) is 63.6 Å². The average molecular weight is 261 g/mol. The SMILES string of the molecule is CCCNc1cc(Sc2ccncn2)nc(C)n1.